The number of carbonyl (C=O) groups excluding carboxylic acids is 5. The summed E-state index contributed by atoms with van der Waals surface area (Å²) in [6.07, 6.45) is 3.77. The molecule has 0 atom stereocenters. The van der Waals surface area contributed by atoms with Gasteiger partial charge in [-0.05, 0) is 54.5 Å². The quantitative estimate of drug-likeness (QED) is 0.0376. The fraction of sp³-hybridized carbons (Fsp3) is 0.611. The predicted octanol–water partition coefficient (Wildman–Crippen LogP) is 3.97. The number of hydrogen-bond acceptors (Lipinski definition) is 15. The van der Waals surface area contributed by atoms with Crippen LogP contribution in [0.15, 0.2) is 48.6 Å². The molecule has 17 heteroatoms. The van der Waals surface area contributed by atoms with Crippen LogP contribution < -0.4 is 0 Å². The van der Waals surface area contributed by atoms with Crippen LogP contribution in [0.3, 0.4) is 0 Å². The van der Waals surface area contributed by atoms with Gasteiger partial charge in [0.2, 0.25) is 0 Å². The van der Waals surface area contributed by atoms with Gasteiger partial charge in [0.15, 0.2) is 0 Å². The molecule has 16 nitrogen and oxygen atoms in total. The van der Waals surface area contributed by atoms with Crippen molar-refractivity contribution in [3.63, 3.8) is 0 Å². The average Bonchev–Trinajstić information content (AvgIpc) is 3.11. The van der Waals surface area contributed by atoms with E-state index in [0.717, 1.165) is 6.08 Å². The topological polar surface area (TPSA) is 200 Å². The number of carboxylic acids is 1. The largest absolute Gasteiger partial charge is 0.500 e. The highest BCUT2D eigenvalue weighted by Gasteiger charge is 2.39. The highest BCUT2D eigenvalue weighted by atomic mass is 28.4. The zero-order valence-electron chi connectivity index (χ0n) is 32.2. The molecule has 0 aromatic carbocycles. The molecule has 0 saturated carbocycles. The molecular weight excluding hydrogens is 714 g/mol. The molecule has 0 aliphatic heterocycles. The maximum Gasteiger partial charge on any atom is 0.500 e. The van der Waals surface area contributed by atoms with Crippen LogP contribution in [0.2, 0.25) is 6.04 Å². The summed E-state index contributed by atoms with van der Waals surface area (Å²) in [5, 5.41) is 8.44. The monoisotopic (exact) mass is 773 g/mol. The zero-order valence-corrected chi connectivity index (χ0v) is 33.2. The standard InChI is InChI=1S/C27H47NO11Si.C9H12O4/c1-8-37-40(38-9-2,39-10-3)21-11-14-28(15-12-24(29)33-17-19-35-26(31)22(4)5)16-13-25(30)34-18-20-36-27(32)23(6)7;1-3-8(10)13-6-4-5-7(2)9(11)12/h4,6,8-21H2,1-3,5,7H3;3,5H,1,4,6H2,2H3,(H,11,12)/b;7-5+. The van der Waals surface area contributed by atoms with Crippen molar-refractivity contribution >= 4 is 44.6 Å². The summed E-state index contributed by atoms with van der Waals surface area (Å²) in [5.74, 6) is -3.47. The molecule has 0 aliphatic rings. The summed E-state index contributed by atoms with van der Waals surface area (Å²) in [5.41, 5.74) is 0.770. The Morgan fingerprint density at radius 1 is 0.660 bits per heavy atom. The van der Waals surface area contributed by atoms with Crippen LogP contribution in [-0.2, 0) is 65.7 Å². The van der Waals surface area contributed by atoms with Crippen LogP contribution in [0.1, 0.15) is 67.2 Å². The van der Waals surface area contributed by atoms with Gasteiger partial charge in [-0.25, -0.2) is 19.2 Å². The van der Waals surface area contributed by atoms with Crippen molar-refractivity contribution in [1.82, 2.24) is 4.90 Å². The Kier molecular flexibility index (Phi) is 30.2. The Hall–Kier alpha value is -4.16. The molecule has 0 unspecified atom stereocenters. The molecule has 0 aromatic rings. The van der Waals surface area contributed by atoms with E-state index in [1.165, 1.54) is 26.8 Å². The Morgan fingerprint density at radius 2 is 1.09 bits per heavy atom. The van der Waals surface area contributed by atoms with Crippen molar-refractivity contribution in [3.8, 4) is 0 Å². The third kappa shape index (κ3) is 28.1. The molecule has 0 saturated heterocycles. The van der Waals surface area contributed by atoms with E-state index in [4.69, 9.17) is 37.3 Å². The van der Waals surface area contributed by atoms with Gasteiger partial charge < -0.3 is 47.0 Å². The van der Waals surface area contributed by atoms with Crippen molar-refractivity contribution in [1.29, 1.82) is 0 Å². The van der Waals surface area contributed by atoms with Gasteiger partial charge in [0, 0.05) is 68.2 Å². The summed E-state index contributed by atoms with van der Waals surface area (Å²) >= 11 is 0. The maximum atomic E-state index is 12.2. The Bertz CT molecular complexity index is 1150. The van der Waals surface area contributed by atoms with Crippen molar-refractivity contribution in [3.05, 3.63) is 48.6 Å². The molecule has 53 heavy (non-hydrogen) atoms. The number of ether oxygens (including phenoxy) is 5. The first-order chi connectivity index (χ1) is 25.1. The first-order valence-electron chi connectivity index (χ1n) is 17.4. The van der Waals surface area contributed by atoms with Gasteiger partial charge in [-0.2, -0.15) is 0 Å². The van der Waals surface area contributed by atoms with Crippen LogP contribution in [0.25, 0.3) is 0 Å². The normalized spacial score (nSPS) is 11.0. The second-order valence-corrected chi connectivity index (χ2v) is 13.8. The lowest BCUT2D eigenvalue weighted by atomic mass is 10.2. The Morgan fingerprint density at radius 3 is 1.47 bits per heavy atom. The van der Waals surface area contributed by atoms with E-state index in [1.807, 2.05) is 25.7 Å². The number of rotatable bonds is 29. The lowest BCUT2D eigenvalue weighted by Gasteiger charge is -2.29. The number of carbonyl (C=O) groups is 6. The van der Waals surface area contributed by atoms with E-state index in [1.54, 1.807) is 0 Å². The summed E-state index contributed by atoms with van der Waals surface area (Å²) in [6.45, 7) is 23.0. The zero-order chi connectivity index (χ0) is 40.7. The van der Waals surface area contributed by atoms with Crippen molar-refractivity contribution in [2.45, 2.75) is 73.3 Å². The SMILES string of the molecule is C=C(C)C(=O)OCCOC(=O)CCN(CCC[Si](OCC)(OCC)OCC)CCC(=O)OCCOC(=O)C(=C)C.C=CC(=O)OCC/C=C(\C)C(=O)O. The second-order valence-electron chi connectivity index (χ2n) is 11.1. The molecule has 0 rings (SSSR count). The first-order valence-corrected chi connectivity index (χ1v) is 19.3. The summed E-state index contributed by atoms with van der Waals surface area (Å²) < 4.78 is 42.5. The maximum absolute atomic E-state index is 12.2. The van der Waals surface area contributed by atoms with Gasteiger partial charge in [0.25, 0.3) is 0 Å². The number of hydrogen-bond donors (Lipinski definition) is 1. The number of carboxylic acid groups (broad SMARTS) is 1. The Labute approximate surface area is 314 Å². The van der Waals surface area contributed by atoms with E-state index in [2.05, 4.69) is 24.5 Å². The summed E-state index contributed by atoms with van der Waals surface area (Å²) in [6, 6.07) is 0.579. The van der Waals surface area contributed by atoms with Gasteiger partial charge in [-0.15, -0.1) is 0 Å². The minimum atomic E-state index is -2.84. The highest BCUT2D eigenvalue weighted by Crippen LogP contribution is 2.19. The molecule has 0 heterocycles. The fourth-order valence-electron chi connectivity index (χ4n) is 3.91. The molecule has 302 valence electrons. The molecule has 0 spiro atoms. The molecule has 0 fully saturated rings. The van der Waals surface area contributed by atoms with E-state index < -0.39 is 44.6 Å². The van der Waals surface area contributed by atoms with Crippen LogP contribution in [0.5, 0.6) is 0 Å². The van der Waals surface area contributed by atoms with Crippen LogP contribution in [0, 0.1) is 0 Å². The van der Waals surface area contributed by atoms with Crippen molar-refractivity contribution in [2.75, 3.05) is 72.5 Å². The van der Waals surface area contributed by atoms with Gasteiger partial charge in [-0.3, -0.25) is 9.59 Å². The molecule has 0 aliphatic carbocycles. The van der Waals surface area contributed by atoms with Gasteiger partial charge in [0.1, 0.15) is 26.4 Å². The minimum Gasteiger partial charge on any atom is -0.478 e. The van der Waals surface area contributed by atoms with Crippen LogP contribution in [0.4, 0.5) is 0 Å². The average molecular weight is 774 g/mol. The molecular formula is C36H59NO15Si. The summed E-state index contributed by atoms with van der Waals surface area (Å²) in [7, 11) is -2.84. The summed E-state index contributed by atoms with van der Waals surface area (Å²) in [4.78, 5) is 70.0. The second kappa shape index (κ2) is 31.4. The number of nitrogens with zero attached hydrogens (tertiary/aromatic N) is 1. The smallest absolute Gasteiger partial charge is 0.478 e. The lowest BCUT2D eigenvalue weighted by Crippen LogP contribution is -2.46. The van der Waals surface area contributed by atoms with Crippen LogP contribution in [-0.4, -0.2) is 127 Å². The molecule has 1 N–H and O–H groups in total. The molecule has 0 bridgehead atoms. The number of aliphatic carboxylic acids is 1. The third-order valence-electron chi connectivity index (χ3n) is 6.49. The fourth-order valence-corrected chi connectivity index (χ4v) is 6.50. The van der Waals surface area contributed by atoms with E-state index in [0.29, 0.717) is 58.3 Å². The van der Waals surface area contributed by atoms with E-state index in [9.17, 15) is 28.8 Å². The molecule has 0 aromatic heterocycles. The van der Waals surface area contributed by atoms with E-state index >= 15 is 0 Å². The third-order valence-corrected chi connectivity index (χ3v) is 9.64. The highest BCUT2D eigenvalue weighted by molar-refractivity contribution is 6.60. The molecule has 0 amide bonds. The minimum absolute atomic E-state index is 0.0618. The predicted molar refractivity (Wildman–Crippen MR) is 196 cm³/mol. The van der Waals surface area contributed by atoms with Crippen molar-refractivity contribution < 1.29 is 70.8 Å². The van der Waals surface area contributed by atoms with Crippen LogP contribution >= 0.6 is 0 Å². The van der Waals surface area contributed by atoms with Gasteiger partial charge in [-0.1, -0.05) is 25.8 Å². The first kappa shape index (κ1) is 50.9. The van der Waals surface area contributed by atoms with Gasteiger partial charge >= 0.3 is 44.6 Å². The Balaban J connectivity index is 0. The van der Waals surface area contributed by atoms with E-state index in [-0.39, 0.29) is 62.6 Å². The molecule has 0 radical (unpaired) electrons. The van der Waals surface area contributed by atoms with Crippen molar-refractivity contribution in [2.24, 2.45) is 0 Å². The van der Waals surface area contributed by atoms with Gasteiger partial charge in [0.05, 0.1) is 19.4 Å². The lowest BCUT2D eigenvalue weighted by molar-refractivity contribution is -0.151. The number of esters is 5.